The summed E-state index contributed by atoms with van der Waals surface area (Å²) in [4.78, 5) is 13.5. The van der Waals surface area contributed by atoms with E-state index in [1.807, 2.05) is 48.6 Å². The molecule has 0 atom stereocenters. The average Bonchev–Trinajstić information content (AvgIpc) is 2.80. The lowest BCUT2D eigenvalue weighted by atomic mass is 9.68. The maximum atomic E-state index is 13.5. The summed E-state index contributed by atoms with van der Waals surface area (Å²) in [5.41, 5.74) is 3.50. The third kappa shape index (κ3) is 5.59. The molecule has 1 aliphatic carbocycles. The highest BCUT2D eigenvalue weighted by Gasteiger charge is 2.34. The zero-order valence-corrected chi connectivity index (χ0v) is 20.7. The van der Waals surface area contributed by atoms with Gasteiger partial charge in [-0.25, -0.2) is 0 Å². The van der Waals surface area contributed by atoms with Crippen LogP contribution in [0.4, 0.5) is 0 Å². The van der Waals surface area contributed by atoms with Gasteiger partial charge in [0.25, 0.3) is 0 Å². The monoisotopic (exact) mass is 450 g/mol. The first-order valence-corrected chi connectivity index (χ1v) is 11.1. The van der Waals surface area contributed by atoms with Gasteiger partial charge in [0.2, 0.25) is 0 Å². The van der Waals surface area contributed by atoms with Crippen molar-refractivity contribution in [2.75, 3.05) is 28.4 Å². The Morgan fingerprint density at radius 2 is 1.09 bits per heavy atom. The summed E-state index contributed by atoms with van der Waals surface area (Å²) in [5, 5.41) is 0. The Morgan fingerprint density at radius 1 is 0.697 bits per heavy atom. The van der Waals surface area contributed by atoms with E-state index in [9.17, 15) is 4.79 Å². The van der Waals surface area contributed by atoms with Gasteiger partial charge in [0.05, 0.1) is 28.4 Å². The average molecular weight is 451 g/mol. The lowest BCUT2D eigenvalue weighted by Gasteiger charge is -2.35. The molecule has 3 rings (SSSR count). The molecule has 0 amide bonds. The SMILES string of the molecule is COc1ccc(/C=C2\CC(C(C)(C)C)C/C(=C\c3ccc(OC)c(OC)c3)C2=O)cc1OC. The van der Waals surface area contributed by atoms with Gasteiger partial charge in [0.15, 0.2) is 28.8 Å². The number of allylic oxidation sites excluding steroid dienone is 2. The summed E-state index contributed by atoms with van der Waals surface area (Å²) in [7, 11) is 6.44. The quantitative estimate of drug-likeness (QED) is 0.490. The Labute approximate surface area is 197 Å². The second-order valence-corrected chi connectivity index (χ2v) is 9.37. The van der Waals surface area contributed by atoms with E-state index in [0.717, 1.165) is 35.1 Å². The molecule has 0 spiro atoms. The molecule has 1 saturated carbocycles. The standard InChI is InChI=1S/C28H34O5/c1-28(2,3)22-16-20(12-18-8-10-23(30-4)25(14-18)32-6)27(29)21(17-22)13-19-9-11-24(31-5)26(15-19)33-7/h8-15,22H,16-17H2,1-7H3/b20-12+,21-13+. The van der Waals surface area contributed by atoms with Crippen LogP contribution in [0.3, 0.4) is 0 Å². The number of carbonyl (C=O) groups excluding carboxylic acids is 1. The highest BCUT2D eigenvalue weighted by atomic mass is 16.5. The summed E-state index contributed by atoms with van der Waals surface area (Å²) in [6, 6.07) is 11.4. The number of methoxy groups -OCH3 is 4. The number of hydrogen-bond donors (Lipinski definition) is 0. The van der Waals surface area contributed by atoms with Crippen LogP contribution in [0.2, 0.25) is 0 Å². The fourth-order valence-electron chi connectivity index (χ4n) is 4.14. The van der Waals surface area contributed by atoms with Gasteiger partial charge in [-0.2, -0.15) is 0 Å². The van der Waals surface area contributed by atoms with Gasteiger partial charge in [0.1, 0.15) is 0 Å². The minimum Gasteiger partial charge on any atom is -0.493 e. The lowest BCUT2D eigenvalue weighted by Crippen LogP contribution is -2.29. The molecule has 0 unspecified atom stereocenters. The number of ketones is 1. The summed E-state index contributed by atoms with van der Waals surface area (Å²) in [5.74, 6) is 3.03. The molecule has 5 nitrogen and oxygen atoms in total. The molecular weight excluding hydrogens is 416 g/mol. The normalized spacial score (nSPS) is 19.0. The van der Waals surface area contributed by atoms with Crippen LogP contribution in [0, 0.1) is 11.3 Å². The van der Waals surface area contributed by atoms with E-state index in [4.69, 9.17) is 18.9 Å². The van der Waals surface area contributed by atoms with Crippen molar-refractivity contribution in [1.82, 2.24) is 0 Å². The molecule has 0 heterocycles. The zero-order chi connectivity index (χ0) is 24.2. The minimum atomic E-state index is 0.0636. The van der Waals surface area contributed by atoms with Crippen molar-refractivity contribution in [3.63, 3.8) is 0 Å². The van der Waals surface area contributed by atoms with Crippen LogP contribution >= 0.6 is 0 Å². The molecule has 0 aliphatic heterocycles. The van der Waals surface area contributed by atoms with Crippen LogP contribution in [0.5, 0.6) is 23.0 Å². The molecule has 2 aromatic carbocycles. The van der Waals surface area contributed by atoms with Crippen LogP contribution in [0.25, 0.3) is 12.2 Å². The molecule has 0 N–H and O–H groups in total. The first-order valence-electron chi connectivity index (χ1n) is 11.1. The van der Waals surface area contributed by atoms with E-state index >= 15 is 0 Å². The Morgan fingerprint density at radius 3 is 1.42 bits per heavy atom. The van der Waals surface area contributed by atoms with E-state index in [1.54, 1.807) is 28.4 Å². The van der Waals surface area contributed by atoms with Crippen LogP contribution in [0.15, 0.2) is 47.5 Å². The Kier molecular flexibility index (Phi) is 7.52. The van der Waals surface area contributed by atoms with E-state index in [0.29, 0.717) is 28.9 Å². The molecule has 1 aliphatic rings. The van der Waals surface area contributed by atoms with Crippen molar-refractivity contribution >= 4 is 17.9 Å². The van der Waals surface area contributed by atoms with Gasteiger partial charge in [-0.1, -0.05) is 32.9 Å². The molecule has 0 radical (unpaired) electrons. The molecule has 33 heavy (non-hydrogen) atoms. The molecule has 5 heteroatoms. The maximum absolute atomic E-state index is 13.5. The third-order valence-electron chi connectivity index (χ3n) is 6.24. The Hall–Kier alpha value is -3.21. The Balaban J connectivity index is 2.03. The highest BCUT2D eigenvalue weighted by molar-refractivity contribution is 6.14. The number of hydrogen-bond acceptors (Lipinski definition) is 5. The van der Waals surface area contributed by atoms with Crippen LogP contribution < -0.4 is 18.9 Å². The second-order valence-electron chi connectivity index (χ2n) is 9.37. The predicted molar refractivity (Wildman–Crippen MR) is 132 cm³/mol. The van der Waals surface area contributed by atoms with Crippen molar-refractivity contribution < 1.29 is 23.7 Å². The van der Waals surface area contributed by atoms with Gasteiger partial charge in [-0.3, -0.25) is 4.79 Å². The summed E-state index contributed by atoms with van der Waals surface area (Å²) < 4.78 is 21.6. The van der Waals surface area contributed by atoms with Crippen LogP contribution in [-0.2, 0) is 4.79 Å². The van der Waals surface area contributed by atoms with E-state index in [-0.39, 0.29) is 11.2 Å². The van der Waals surface area contributed by atoms with E-state index in [2.05, 4.69) is 20.8 Å². The van der Waals surface area contributed by atoms with Crippen molar-refractivity contribution in [3.05, 3.63) is 58.7 Å². The van der Waals surface area contributed by atoms with Crippen LogP contribution in [0.1, 0.15) is 44.7 Å². The zero-order valence-electron chi connectivity index (χ0n) is 20.7. The van der Waals surface area contributed by atoms with E-state index < -0.39 is 0 Å². The highest BCUT2D eigenvalue weighted by Crippen LogP contribution is 2.42. The third-order valence-corrected chi connectivity index (χ3v) is 6.24. The van der Waals surface area contributed by atoms with Gasteiger partial charge >= 0.3 is 0 Å². The predicted octanol–water partition coefficient (Wildman–Crippen LogP) is 6.21. The number of benzene rings is 2. The number of ether oxygens (including phenoxy) is 4. The fraction of sp³-hybridized carbons (Fsp3) is 0.393. The Bertz CT molecular complexity index is 995. The second kappa shape index (κ2) is 10.2. The summed E-state index contributed by atoms with van der Waals surface area (Å²) in [6.07, 6.45) is 5.43. The first kappa shape index (κ1) is 24.4. The topological polar surface area (TPSA) is 54.0 Å². The molecule has 1 fully saturated rings. The number of rotatable bonds is 6. The van der Waals surface area contributed by atoms with Gasteiger partial charge in [-0.05, 0) is 71.7 Å². The lowest BCUT2D eigenvalue weighted by molar-refractivity contribution is -0.113. The number of carbonyl (C=O) groups is 1. The van der Waals surface area contributed by atoms with Crippen LogP contribution in [-0.4, -0.2) is 34.2 Å². The molecular formula is C28H34O5. The first-order chi connectivity index (χ1) is 15.7. The van der Waals surface area contributed by atoms with Gasteiger partial charge in [0, 0.05) is 11.1 Å². The van der Waals surface area contributed by atoms with Gasteiger partial charge in [-0.15, -0.1) is 0 Å². The van der Waals surface area contributed by atoms with Crippen molar-refractivity contribution in [3.8, 4) is 23.0 Å². The van der Waals surface area contributed by atoms with Crippen molar-refractivity contribution in [2.24, 2.45) is 11.3 Å². The van der Waals surface area contributed by atoms with Crippen molar-refractivity contribution in [1.29, 1.82) is 0 Å². The summed E-state index contributed by atoms with van der Waals surface area (Å²) in [6.45, 7) is 6.70. The minimum absolute atomic E-state index is 0.0636. The fourth-order valence-corrected chi connectivity index (χ4v) is 4.14. The number of Topliss-reactive ketones (excluding diaryl/α,β-unsaturated/α-hetero) is 1. The summed E-state index contributed by atoms with van der Waals surface area (Å²) >= 11 is 0. The van der Waals surface area contributed by atoms with E-state index in [1.165, 1.54) is 0 Å². The molecule has 176 valence electrons. The smallest absolute Gasteiger partial charge is 0.185 e. The molecule has 0 saturated heterocycles. The van der Waals surface area contributed by atoms with Gasteiger partial charge < -0.3 is 18.9 Å². The molecule has 2 aromatic rings. The van der Waals surface area contributed by atoms with Crippen molar-refractivity contribution in [2.45, 2.75) is 33.6 Å². The molecule has 0 aromatic heterocycles. The molecule has 0 bridgehead atoms. The largest absolute Gasteiger partial charge is 0.493 e. The maximum Gasteiger partial charge on any atom is 0.185 e.